The molecule has 3 N–H and O–H groups in total. The van der Waals surface area contributed by atoms with Crippen molar-refractivity contribution in [3.05, 3.63) is 59.8 Å². The highest BCUT2D eigenvalue weighted by Crippen LogP contribution is 2.18. The van der Waals surface area contributed by atoms with Gasteiger partial charge in [-0.3, -0.25) is 14.7 Å². The highest BCUT2D eigenvalue weighted by Gasteiger charge is 2.09. The van der Waals surface area contributed by atoms with Crippen molar-refractivity contribution < 1.29 is 9.59 Å². The van der Waals surface area contributed by atoms with Crippen LogP contribution >= 0.6 is 0 Å². The molecule has 0 fully saturated rings. The molecule has 0 saturated carbocycles. The predicted octanol–water partition coefficient (Wildman–Crippen LogP) is 2.17. The lowest BCUT2D eigenvalue weighted by Crippen LogP contribution is -2.33. The third kappa shape index (κ3) is 3.78. The molecule has 3 rings (SSSR count). The molecule has 6 heteroatoms. The summed E-state index contributed by atoms with van der Waals surface area (Å²) in [7, 11) is 0. The van der Waals surface area contributed by atoms with E-state index in [4.69, 9.17) is 0 Å². The van der Waals surface area contributed by atoms with Gasteiger partial charge in [0, 0.05) is 11.8 Å². The number of benzene rings is 2. The number of rotatable bonds is 5. The molecule has 0 aliphatic heterocycles. The number of carbonyl (C=O) groups is 2. The van der Waals surface area contributed by atoms with Crippen molar-refractivity contribution >= 4 is 28.4 Å². The van der Waals surface area contributed by atoms with Crippen molar-refractivity contribution in [2.24, 2.45) is 0 Å². The highest BCUT2D eigenvalue weighted by molar-refractivity contribution is 5.95. The number of aryl methyl sites for hydroxylation is 1. The summed E-state index contributed by atoms with van der Waals surface area (Å²) >= 11 is 0. The second-order valence-electron chi connectivity index (χ2n) is 5.58. The summed E-state index contributed by atoms with van der Waals surface area (Å²) in [6.07, 6.45) is 0.232. The number of nitrogens with one attached hydrogen (secondary N) is 3. The van der Waals surface area contributed by atoms with E-state index in [1.807, 2.05) is 49.4 Å². The molecule has 2 aromatic carbocycles. The largest absolute Gasteiger partial charge is 0.347 e. The van der Waals surface area contributed by atoms with Crippen LogP contribution in [0.5, 0.6) is 0 Å². The van der Waals surface area contributed by atoms with Crippen LogP contribution in [0.15, 0.2) is 48.5 Å². The van der Waals surface area contributed by atoms with Gasteiger partial charge in [-0.1, -0.05) is 42.5 Å². The molecule has 0 aliphatic rings. The topological polar surface area (TPSA) is 86.9 Å². The zero-order chi connectivity index (χ0) is 16.9. The number of nitrogens with zero attached hydrogens (tertiary/aromatic N) is 1. The SMILES string of the molecule is Cc1cc(NC(=O)CNC(=O)Cc2cccc3ccccc23)n[nH]1. The van der Waals surface area contributed by atoms with E-state index in [0.29, 0.717) is 5.82 Å². The lowest BCUT2D eigenvalue weighted by atomic mass is 10.0. The average molecular weight is 322 g/mol. The van der Waals surface area contributed by atoms with Gasteiger partial charge in [0.2, 0.25) is 11.8 Å². The number of amides is 2. The number of hydrogen-bond acceptors (Lipinski definition) is 3. The van der Waals surface area contributed by atoms with Crippen LogP contribution < -0.4 is 10.6 Å². The molecular formula is C18H18N4O2. The first-order chi connectivity index (χ1) is 11.6. The monoisotopic (exact) mass is 322 g/mol. The Balaban J connectivity index is 1.56. The normalized spacial score (nSPS) is 10.5. The number of hydrogen-bond donors (Lipinski definition) is 3. The van der Waals surface area contributed by atoms with Gasteiger partial charge in [-0.25, -0.2) is 0 Å². The van der Waals surface area contributed by atoms with E-state index in [2.05, 4.69) is 20.8 Å². The Hall–Kier alpha value is -3.15. The first-order valence-electron chi connectivity index (χ1n) is 7.67. The minimum atomic E-state index is -0.312. The van der Waals surface area contributed by atoms with E-state index in [1.54, 1.807) is 6.07 Å². The van der Waals surface area contributed by atoms with Gasteiger partial charge in [-0.2, -0.15) is 5.10 Å². The third-order valence-corrected chi connectivity index (χ3v) is 3.65. The highest BCUT2D eigenvalue weighted by atomic mass is 16.2. The molecule has 1 heterocycles. The van der Waals surface area contributed by atoms with Crippen molar-refractivity contribution in [2.75, 3.05) is 11.9 Å². The number of aromatic nitrogens is 2. The van der Waals surface area contributed by atoms with Gasteiger partial charge in [-0.05, 0) is 23.3 Å². The summed E-state index contributed by atoms with van der Waals surface area (Å²) < 4.78 is 0. The van der Waals surface area contributed by atoms with Crippen LogP contribution in [0.25, 0.3) is 10.8 Å². The first-order valence-corrected chi connectivity index (χ1v) is 7.67. The zero-order valence-electron chi connectivity index (χ0n) is 13.3. The fourth-order valence-corrected chi connectivity index (χ4v) is 2.53. The van der Waals surface area contributed by atoms with E-state index in [9.17, 15) is 9.59 Å². The Morgan fingerprint density at radius 1 is 1.08 bits per heavy atom. The van der Waals surface area contributed by atoms with Gasteiger partial charge < -0.3 is 10.6 Å². The second-order valence-corrected chi connectivity index (χ2v) is 5.58. The van der Waals surface area contributed by atoms with Gasteiger partial charge in [0.05, 0.1) is 13.0 Å². The number of H-pyrrole nitrogens is 1. The molecule has 0 aliphatic carbocycles. The molecule has 1 aromatic heterocycles. The van der Waals surface area contributed by atoms with E-state index in [-0.39, 0.29) is 24.8 Å². The fraction of sp³-hybridized carbons (Fsp3) is 0.167. The molecular weight excluding hydrogens is 304 g/mol. The maximum Gasteiger partial charge on any atom is 0.244 e. The van der Waals surface area contributed by atoms with E-state index in [0.717, 1.165) is 22.0 Å². The molecule has 0 bridgehead atoms. The van der Waals surface area contributed by atoms with Gasteiger partial charge in [0.1, 0.15) is 0 Å². The van der Waals surface area contributed by atoms with Crippen molar-refractivity contribution in [1.82, 2.24) is 15.5 Å². The Bertz CT molecular complexity index is 880. The summed E-state index contributed by atoms with van der Waals surface area (Å²) in [5.74, 6) is -0.0618. The number of carbonyl (C=O) groups excluding carboxylic acids is 2. The molecule has 0 unspecified atom stereocenters. The first kappa shape index (κ1) is 15.7. The molecule has 0 radical (unpaired) electrons. The van der Waals surface area contributed by atoms with Crippen molar-refractivity contribution in [2.45, 2.75) is 13.3 Å². The van der Waals surface area contributed by atoms with E-state index >= 15 is 0 Å². The van der Waals surface area contributed by atoms with Crippen molar-refractivity contribution in [3.8, 4) is 0 Å². The molecule has 3 aromatic rings. The Morgan fingerprint density at radius 3 is 2.67 bits per heavy atom. The van der Waals surface area contributed by atoms with Crippen LogP contribution in [-0.4, -0.2) is 28.6 Å². The second kappa shape index (κ2) is 6.95. The quantitative estimate of drug-likeness (QED) is 0.673. The van der Waals surface area contributed by atoms with E-state index < -0.39 is 0 Å². The van der Waals surface area contributed by atoms with Crippen LogP contribution in [0, 0.1) is 6.92 Å². The van der Waals surface area contributed by atoms with Crippen LogP contribution in [0.4, 0.5) is 5.82 Å². The summed E-state index contributed by atoms with van der Waals surface area (Å²) in [5.41, 5.74) is 1.79. The Morgan fingerprint density at radius 2 is 1.88 bits per heavy atom. The molecule has 0 spiro atoms. The smallest absolute Gasteiger partial charge is 0.244 e. The summed E-state index contributed by atoms with van der Waals surface area (Å²) in [6.45, 7) is 1.75. The third-order valence-electron chi connectivity index (χ3n) is 3.65. The number of aromatic amines is 1. The molecule has 0 atom stereocenters. The Labute approximate surface area is 139 Å². The van der Waals surface area contributed by atoms with Gasteiger partial charge >= 0.3 is 0 Å². The van der Waals surface area contributed by atoms with Crippen molar-refractivity contribution in [3.63, 3.8) is 0 Å². The fourth-order valence-electron chi connectivity index (χ4n) is 2.53. The minimum absolute atomic E-state index is 0.0878. The van der Waals surface area contributed by atoms with Crippen LogP contribution in [0.1, 0.15) is 11.3 Å². The van der Waals surface area contributed by atoms with Crippen LogP contribution in [0.3, 0.4) is 0 Å². The summed E-state index contributed by atoms with van der Waals surface area (Å²) in [4.78, 5) is 23.9. The maximum absolute atomic E-state index is 12.1. The molecule has 24 heavy (non-hydrogen) atoms. The molecule has 6 nitrogen and oxygen atoms in total. The lowest BCUT2D eigenvalue weighted by molar-refractivity contribution is -0.123. The molecule has 122 valence electrons. The number of fused-ring (bicyclic) bond motifs is 1. The summed E-state index contributed by atoms with van der Waals surface area (Å²) in [6, 6.07) is 15.5. The maximum atomic E-state index is 12.1. The number of anilines is 1. The molecule has 0 saturated heterocycles. The van der Waals surface area contributed by atoms with Crippen molar-refractivity contribution in [1.29, 1.82) is 0 Å². The van der Waals surface area contributed by atoms with Crippen LogP contribution in [-0.2, 0) is 16.0 Å². The molecule has 2 amide bonds. The summed E-state index contributed by atoms with van der Waals surface area (Å²) in [5, 5.41) is 14.0. The van der Waals surface area contributed by atoms with Gasteiger partial charge in [0.15, 0.2) is 5.82 Å². The van der Waals surface area contributed by atoms with E-state index in [1.165, 1.54) is 0 Å². The predicted molar refractivity (Wildman–Crippen MR) is 92.6 cm³/mol. The Kier molecular flexibility index (Phi) is 4.56. The minimum Gasteiger partial charge on any atom is -0.347 e. The average Bonchev–Trinajstić information content (AvgIpc) is 2.98. The van der Waals surface area contributed by atoms with Gasteiger partial charge in [0.25, 0.3) is 0 Å². The lowest BCUT2D eigenvalue weighted by Gasteiger charge is -2.08. The van der Waals surface area contributed by atoms with Gasteiger partial charge in [-0.15, -0.1) is 0 Å². The van der Waals surface area contributed by atoms with Crippen LogP contribution in [0.2, 0.25) is 0 Å². The standard InChI is InChI=1S/C18H18N4O2/c1-12-9-16(22-21-12)20-18(24)11-19-17(23)10-14-7-4-6-13-5-2-3-8-15(13)14/h2-9H,10-11H2,1H3,(H,19,23)(H2,20,21,22,24). The zero-order valence-corrected chi connectivity index (χ0v) is 13.3.